The second-order valence-electron chi connectivity index (χ2n) is 4.98. The monoisotopic (exact) mass is 329 g/mol. The molecule has 0 radical (unpaired) electrons. The minimum atomic E-state index is -3.63. The zero-order chi connectivity index (χ0) is 16.8. The molecule has 0 aliphatic rings. The van der Waals surface area contributed by atoms with Crippen molar-refractivity contribution >= 4 is 13.6 Å². The largest absolute Gasteiger partial charge is 0.480 e. The molecule has 0 saturated carbocycles. The van der Waals surface area contributed by atoms with Gasteiger partial charge < -0.3 is 14.2 Å². The van der Waals surface area contributed by atoms with Gasteiger partial charge in [0.25, 0.3) is 0 Å². The average Bonchev–Trinajstić information content (AvgIpc) is 2.48. The number of nitrogens with one attached hydrogen (secondary N) is 1. The first kappa shape index (κ1) is 18.8. The molecule has 1 aromatic rings. The molecule has 22 heavy (non-hydrogen) atoms. The van der Waals surface area contributed by atoms with Crippen molar-refractivity contribution in [2.45, 2.75) is 39.0 Å². The van der Waals surface area contributed by atoms with Crippen molar-refractivity contribution < 1.29 is 23.5 Å². The van der Waals surface area contributed by atoms with Gasteiger partial charge in [-0.25, -0.2) is 0 Å². The molecule has 2 N–H and O–H groups in total. The fourth-order valence-electron chi connectivity index (χ4n) is 2.20. The molecule has 1 unspecified atom stereocenters. The van der Waals surface area contributed by atoms with E-state index < -0.39 is 24.9 Å². The SMILES string of the molecule is CCOP(=O)(OCC)C(C)(N[C@@H](C)C(=O)O)c1ccccc1. The third kappa shape index (κ3) is 3.96. The van der Waals surface area contributed by atoms with Crippen LogP contribution in [0, 0.1) is 0 Å². The van der Waals surface area contributed by atoms with E-state index in [0.29, 0.717) is 5.56 Å². The lowest BCUT2D eigenvalue weighted by atomic mass is 10.1. The summed E-state index contributed by atoms with van der Waals surface area (Å²) in [6.07, 6.45) is 0. The summed E-state index contributed by atoms with van der Waals surface area (Å²) in [6, 6.07) is 8.04. The number of rotatable bonds is 9. The molecule has 1 rings (SSSR count). The van der Waals surface area contributed by atoms with Gasteiger partial charge in [-0.2, -0.15) is 0 Å². The molecule has 0 fully saturated rings. The van der Waals surface area contributed by atoms with Crippen molar-refractivity contribution in [3.63, 3.8) is 0 Å². The van der Waals surface area contributed by atoms with Gasteiger partial charge >= 0.3 is 13.6 Å². The highest BCUT2D eigenvalue weighted by atomic mass is 31.2. The molecule has 2 atom stereocenters. The van der Waals surface area contributed by atoms with Crippen LogP contribution in [0.3, 0.4) is 0 Å². The van der Waals surface area contributed by atoms with E-state index in [9.17, 15) is 14.5 Å². The van der Waals surface area contributed by atoms with Gasteiger partial charge in [-0.15, -0.1) is 0 Å². The highest BCUT2D eigenvalue weighted by Gasteiger charge is 2.49. The summed E-state index contributed by atoms with van der Waals surface area (Å²) in [5.74, 6) is -1.04. The minimum Gasteiger partial charge on any atom is -0.480 e. The zero-order valence-electron chi connectivity index (χ0n) is 13.4. The van der Waals surface area contributed by atoms with Gasteiger partial charge in [0.15, 0.2) is 0 Å². The molecular weight excluding hydrogens is 305 g/mol. The topological polar surface area (TPSA) is 84.9 Å². The Morgan fingerprint density at radius 2 is 1.77 bits per heavy atom. The van der Waals surface area contributed by atoms with Crippen molar-refractivity contribution in [1.29, 1.82) is 0 Å². The summed E-state index contributed by atoms with van der Waals surface area (Å²) in [7, 11) is -3.63. The lowest BCUT2D eigenvalue weighted by Crippen LogP contribution is -2.48. The number of carbonyl (C=O) groups is 1. The van der Waals surface area contributed by atoms with Gasteiger partial charge in [-0.1, -0.05) is 30.3 Å². The summed E-state index contributed by atoms with van der Waals surface area (Å²) >= 11 is 0. The van der Waals surface area contributed by atoms with Crippen molar-refractivity contribution in [2.24, 2.45) is 0 Å². The Kier molecular flexibility index (Phi) is 6.75. The van der Waals surface area contributed by atoms with Gasteiger partial charge in [0, 0.05) is 0 Å². The summed E-state index contributed by atoms with van der Waals surface area (Å²) in [4.78, 5) is 11.2. The number of aliphatic carboxylic acids is 1. The molecule has 0 spiro atoms. The summed E-state index contributed by atoms with van der Waals surface area (Å²) in [5.41, 5.74) is 0.647. The molecule has 0 aliphatic heterocycles. The van der Waals surface area contributed by atoms with E-state index in [1.165, 1.54) is 6.92 Å². The Morgan fingerprint density at radius 1 is 1.27 bits per heavy atom. The van der Waals surface area contributed by atoms with Gasteiger partial charge in [0.2, 0.25) is 0 Å². The third-order valence-corrected chi connectivity index (χ3v) is 6.03. The Morgan fingerprint density at radius 3 is 2.18 bits per heavy atom. The molecule has 0 bridgehead atoms. The molecule has 7 heteroatoms. The van der Waals surface area contributed by atoms with E-state index in [2.05, 4.69) is 5.32 Å². The van der Waals surface area contributed by atoms with Crippen LogP contribution in [-0.4, -0.2) is 30.3 Å². The second kappa shape index (κ2) is 7.88. The highest BCUT2D eigenvalue weighted by molar-refractivity contribution is 7.55. The van der Waals surface area contributed by atoms with Crippen LogP contribution < -0.4 is 5.32 Å². The molecule has 124 valence electrons. The predicted molar refractivity (Wildman–Crippen MR) is 84.9 cm³/mol. The molecule has 6 nitrogen and oxygen atoms in total. The van der Waals surface area contributed by atoms with Crippen LogP contribution in [0.1, 0.15) is 33.3 Å². The zero-order valence-corrected chi connectivity index (χ0v) is 14.3. The molecule has 0 heterocycles. The van der Waals surface area contributed by atoms with Crippen molar-refractivity contribution in [1.82, 2.24) is 5.32 Å². The lowest BCUT2D eigenvalue weighted by molar-refractivity contribution is -0.139. The lowest BCUT2D eigenvalue weighted by Gasteiger charge is -2.38. The van der Waals surface area contributed by atoms with Gasteiger partial charge in [-0.3, -0.25) is 14.7 Å². The minimum absolute atomic E-state index is 0.197. The summed E-state index contributed by atoms with van der Waals surface area (Å²) < 4.78 is 24.2. The molecule has 0 aromatic heterocycles. The number of carboxylic acid groups (broad SMARTS) is 1. The van der Waals surface area contributed by atoms with Crippen molar-refractivity contribution in [3.8, 4) is 0 Å². The van der Waals surface area contributed by atoms with Crippen LogP contribution in [0.25, 0.3) is 0 Å². The van der Waals surface area contributed by atoms with E-state index in [1.54, 1.807) is 45.0 Å². The van der Waals surface area contributed by atoms with Gasteiger partial charge in [-0.05, 0) is 33.3 Å². The first-order valence-corrected chi connectivity index (χ1v) is 8.80. The van der Waals surface area contributed by atoms with E-state index in [-0.39, 0.29) is 13.2 Å². The molecular formula is C15H24NO5P. The summed E-state index contributed by atoms with van der Waals surface area (Å²) in [5, 5.41) is 10.8. The van der Waals surface area contributed by atoms with Crippen LogP contribution in [-0.2, 0) is 23.7 Å². The van der Waals surface area contributed by atoms with E-state index in [1.807, 2.05) is 6.07 Å². The van der Waals surface area contributed by atoms with Crippen molar-refractivity contribution in [2.75, 3.05) is 13.2 Å². The quantitative estimate of drug-likeness (QED) is 0.677. The smallest absolute Gasteiger partial charge is 0.354 e. The van der Waals surface area contributed by atoms with Gasteiger partial charge in [0.1, 0.15) is 11.3 Å². The summed E-state index contributed by atoms with van der Waals surface area (Å²) in [6.45, 7) is 6.97. The fraction of sp³-hybridized carbons (Fsp3) is 0.533. The Hall–Kier alpha value is -1.20. The number of hydrogen-bond acceptors (Lipinski definition) is 5. The van der Waals surface area contributed by atoms with E-state index in [0.717, 1.165) is 0 Å². The maximum absolute atomic E-state index is 13.3. The first-order chi connectivity index (χ1) is 10.3. The predicted octanol–water partition coefficient (Wildman–Crippen LogP) is 3.19. The number of benzene rings is 1. The molecule has 0 amide bonds. The second-order valence-corrected chi connectivity index (χ2v) is 7.38. The third-order valence-electron chi connectivity index (χ3n) is 3.35. The van der Waals surface area contributed by atoms with E-state index >= 15 is 0 Å². The van der Waals surface area contributed by atoms with Crippen LogP contribution in [0.4, 0.5) is 0 Å². The average molecular weight is 329 g/mol. The number of carboxylic acids is 1. The van der Waals surface area contributed by atoms with Crippen LogP contribution in [0.15, 0.2) is 30.3 Å². The maximum Gasteiger partial charge on any atom is 0.354 e. The van der Waals surface area contributed by atoms with E-state index in [4.69, 9.17) is 9.05 Å². The molecule has 0 saturated heterocycles. The van der Waals surface area contributed by atoms with Crippen LogP contribution in [0.2, 0.25) is 0 Å². The number of hydrogen-bond donors (Lipinski definition) is 2. The Labute approximate surface area is 131 Å². The van der Waals surface area contributed by atoms with Crippen molar-refractivity contribution in [3.05, 3.63) is 35.9 Å². The highest BCUT2D eigenvalue weighted by Crippen LogP contribution is 2.63. The van der Waals surface area contributed by atoms with Gasteiger partial charge in [0.05, 0.1) is 13.2 Å². The van der Waals surface area contributed by atoms with Crippen LogP contribution in [0.5, 0.6) is 0 Å². The molecule has 1 aromatic carbocycles. The normalized spacial score (nSPS) is 16.0. The Balaban J connectivity index is 3.37. The van der Waals surface area contributed by atoms with Crippen LogP contribution >= 0.6 is 7.60 Å². The standard InChI is InChI=1S/C15H24NO5P/c1-5-20-22(19,21-6-2)15(4,16-12(3)14(17)18)13-10-8-7-9-11-13/h7-12,16H,5-6H2,1-4H3,(H,17,18)/t12-,15?/m0/s1. The maximum atomic E-state index is 13.3. The Bertz CT molecular complexity index is 526. The fourth-order valence-corrected chi connectivity index (χ4v) is 4.29. The molecule has 0 aliphatic carbocycles. The first-order valence-electron chi connectivity index (χ1n) is 7.26.